The molecule has 2 atom stereocenters. The highest BCUT2D eigenvalue weighted by molar-refractivity contribution is 5.81. The lowest BCUT2D eigenvalue weighted by Gasteiger charge is -2.38. The van der Waals surface area contributed by atoms with Crippen LogP contribution in [0.5, 0.6) is 0 Å². The Morgan fingerprint density at radius 3 is 2.80 bits per heavy atom. The summed E-state index contributed by atoms with van der Waals surface area (Å²) in [6.45, 7) is 10.5. The minimum atomic E-state index is 0.300. The van der Waals surface area contributed by atoms with Crippen LogP contribution in [0, 0.1) is 17.3 Å². The molecule has 0 spiro atoms. The lowest BCUT2D eigenvalue weighted by molar-refractivity contribution is -0.126. The van der Waals surface area contributed by atoms with Crippen molar-refractivity contribution in [1.29, 1.82) is 0 Å². The van der Waals surface area contributed by atoms with E-state index in [4.69, 9.17) is 0 Å². The summed E-state index contributed by atoms with van der Waals surface area (Å²) in [4.78, 5) is 12.0. The van der Waals surface area contributed by atoms with E-state index in [1.54, 1.807) is 0 Å². The molecule has 0 aromatic carbocycles. The third-order valence-corrected chi connectivity index (χ3v) is 3.74. The van der Waals surface area contributed by atoms with Crippen LogP contribution in [-0.2, 0) is 4.79 Å². The molecule has 1 saturated carbocycles. The van der Waals surface area contributed by atoms with E-state index in [9.17, 15) is 4.79 Å². The highest BCUT2D eigenvalue weighted by Crippen LogP contribution is 2.42. The van der Waals surface area contributed by atoms with Gasteiger partial charge < -0.3 is 0 Å². The fourth-order valence-electron chi connectivity index (χ4n) is 2.58. The van der Waals surface area contributed by atoms with Crippen LogP contribution in [0.15, 0.2) is 12.7 Å². The monoisotopic (exact) mass is 208 g/mol. The highest BCUT2D eigenvalue weighted by atomic mass is 16.1. The number of carbonyl (C=O) groups excluding carboxylic acids is 1. The van der Waals surface area contributed by atoms with E-state index in [1.807, 2.05) is 6.08 Å². The van der Waals surface area contributed by atoms with Crippen molar-refractivity contribution in [2.45, 2.75) is 52.9 Å². The van der Waals surface area contributed by atoms with Gasteiger partial charge in [-0.3, -0.25) is 4.79 Å². The Morgan fingerprint density at radius 1 is 1.53 bits per heavy atom. The van der Waals surface area contributed by atoms with Crippen LogP contribution < -0.4 is 0 Å². The van der Waals surface area contributed by atoms with Gasteiger partial charge in [-0.05, 0) is 37.0 Å². The average molecular weight is 208 g/mol. The summed E-state index contributed by atoms with van der Waals surface area (Å²) in [5.41, 5.74) is 0.362. The maximum atomic E-state index is 12.0. The normalized spacial score (nSPS) is 29.8. The molecule has 0 heterocycles. The summed E-state index contributed by atoms with van der Waals surface area (Å²) in [5, 5.41) is 0. The highest BCUT2D eigenvalue weighted by Gasteiger charge is 2.35. The van der Waals surface area contributed by atoms with Crippen LogP contribution in [0.2, 0.25) is 0 Å². The fourth-order valence-corrected chi connectivity index (χ4v) is 2.58. The van der Waals surface area contributed by atoms with Crippen LogP contribution in [0.1, 0.15) is 52.9 Å². The van der Waals surface area contributed by atoms with Crippen molar-refractivity contribution in [3.63, 3.8) is 0 Å². The predicted molar refractivity (Wildman–Crippen MR) is 64.7 cm³/mol. The molecule has 86 valence electrons. The minimum absolute atomic E-state index is 0.300. The number of hydrogen-bond acceptors (Lipinski definition) is 1. The quantitative estimate of drug-likeness (QED) is 0.639. The smallest absolute Gasteiger partial charge is 0.136 e. The first-order valence-electron chi connectivity index (χ1n) is 6.10. The summed E-state index contributed by atoms with van der Waals surface area (Å²) in [6.07, 6.45) is 6.91. The van der Waals surface area contributed by atoms with E-state index < -0.39 is 0 Å². The summed E-state index contributed by atoms with van der Waals surface area (Å²) in [6, 6.07) is 0. The molecule has 0 bridgehead atoms. The van der Waals surface area contributed by atoms with E-state index in [-0.39, 0.29) is 0 Å². The van der Waals surface area contributed by atoms with Gasteiger partial charge in [-0.1, -0.05) is 26.8 Å². The molecule has 0 radical (unpaired) electrons. The van der Waals surface area contributed by atoms with Gasteiger partial charge in [-0.15, -0.1) is 6.58 Å². The Labute approximate surface area is 93.9 Å². The molecular formula is C14H24O. The molecule has 0 aromatic rings. The third-order valence-electron chi connectivity index (χ3n) is 3.74. The number of Topliss-reactive ketones (excluding diaryl/α,β-unsaturated/α-hetero) is 1. The van der Waals surface area contributed by atoms with E-state index in [2.05, 4.69) is 27.4 Å². The van der Waals surface area contributed by atoms with Gasteiger partial charge in [0, 0.05) is 12.3 Å². The van der Waals surface area contributed by atoms with Gasteiger partial charge in [0.25, 0.3) is 0 Å². The fraction of sp³-hybridized carbons (Fsp3) is 0.786. The first-order chi connectivity index (χ1) is 6.96. The summed E-state index contributed by atoms with van der Waals surface area (Å²) >= 11 is 0. The van der Waals surface area contributed by atoms with E-state index in [0.717, 1.165) is 12.8 Å². The third kappa shape index (κ3) is 3.48. The zero-order valence-corrected chi connectivity index (χ0v) is 10.4. The molecule has 0 aliphatic heterocycles. The van der Waals surface area contributed by atoms with Crippen molar-refractivity contribution in [2.24, 2.45) is 17.3 Å². The van der Waals surface area contributed by atoms with Crippen LogP contribution in [0.25, 0.3) is 0 Å². The maximum Gasteiger partial charge on any atom is 0.136 e. The van der Waals surface area contributed by atoms with Gasteiger partial charge in [0.1, 0.15) is 5.78 Å². The first kappa shape index (κ1) is 12.5. The molecule has 15 heavy (non-hydrogen) atoms. The topological polar surface area (TPSA) is 17.1 Å². The molecule has 0 saturated heterocycles. The predicted octanol–water partition coefficient (Wildman–Crippen LogP) is 3.98. The number of carbonyl (C=O) groups is 1. The van der Waals surface area contributed by atoms with Gasteiger partial charge >= 0.3 is 0 Å². The molecule has 1 heteroatoms. The van der Waals surface area contributed by atoms with Gasteiger partial charge in [0.2, 0.25) is 0 Å². The Bertz CT molecular complexity index is 240. The SMILES string of the molecule is C=CCCC(=O)[C@@H]1CC(C)(C)CCC1C. The second-order valence-electron chi connectivity index (χ2n) is 5.78. The maximum absolute atomic E-state index is 12.0. The number of hydrogen-bond donors (Lipinski definition) is 0. The van der Waals surface area contributed by atoms with Gasteiger partial charge in [-0.2, -0.15) is 0 Å². The second-order valence-corrected chi connectivity index (χ2v) is 5.78. The lowest BCUT2D eigenvalue weighted by atomic mass is 9.66. The van der Waals surface area contributed by atoms with Gasteiger partial charge in [0.05, 0.1) is 0 Å². The van der Waals surface area contributed by atoms with E-state index >= 15 is 0 Å². The van der Waals surface area contributed by atoms with Crippen LogP contribution >= 0.6 is 0 Å². The Balaban J connectivity index is 2.57. The molecule has 1 fully saturated rings. The Hall–Kier alpha value is -0.590. The lowest BCUT2D eigenvalue weighted by Crippen LogP contribution is -2.33. The molecule has 0 aromatic heterocycles. The molecule has 0 amide bonds. The molecule has 1 nitrogen and oxygen atoms in total. The molecule has 1 aliphatic rings. The van der Waals surface area contributed by atoms with Crippen LogP contribution in [-0.4, -0.2) is 5.78 Å². The van der Waals surface area contributed by atoms with Crippen molar-refractivity contribution < 1.29 is 4.79 Å². The van der Waals surface area contributed by atoms with Crippen LogP contribution in [0.3, 0.4) is 0 Å². The molecule has 1 aliphatic carbocycles. The number of rotatable bonds is 4. The molecule has 0 N–H and O–H groups in total. The molecule has 1 rings (SSSR count). The van der Waals surface area contributed by atoms with Gasteiger partial charge in [0.15, 0.2) is 0 Å². The molecular weight excluding hydrogens is 184 g/mol. The number of allylic oxidation sites excluding steroid dienone is 1. The Morgan fingerprint density at radius 2 is 2.20 bits per heavy atom. The second kappa shape index (κ2) is 4.96. The summed E-state index contributed by atoms with van der Waals surface area (Å²) in [5.74, 6) is 1.33. The number of ketones is 1. The first-order valence-corrected chi connectivity index (χ1v) is 6.10. The average Bonchev–Trinajstić information content (AvgIpc) is 2.18. The Kier molecular flexibility index (Phi) is 4.12. The summed E-state index contributed by atoms with van der Waals surface area (Å²) < 4.78 is 0. The largest absolute Gasteiger partial charge is 0.299 e. The minimum Gasteiger partial charge on any atom is -0.299 e. The van der Waals surface area contributed by atoms with Gasteiger partial charge in [-0.25, -0.2) is 0 Å². The molecule has 1 unspecified atom stereocenters. The van der Waals surface area contributed by atoms with Crippen molar-refractivity contribution in [3.8, 4) is 0 Å². The zero-order valence-electron chi connectivity index (χ0n) is 10.4. The standard InChI is InChI=1S/C14H24O/c1-5-6-7-13(15)12-10-14(3,4)9-8-11(12)2/h5,11-12H,1,6-10H2,2-4H3/t11?,12-/m1/s1. The van der Waals surface area contributed by atoms with Crippen molar-refractivity contribution in [3.05, 3.63) is 12.7 Å². The van der Waals surface area contributed by atoms with E-state index in [0.29, 0.717) is 29.5 Å². The van der Waals surface area contributed by atoms with Crippen molar-refractivity contribution >= 4 is 5.78 Å². The van der Waals surface area contributed by atoms with Crippen molar-refractivity contribution in [1.82, 2.24) is 0 Å². The zero-order chi connectivity index (χ0) is 11.5. The van der Waals surface area contributed by atoms with Crippen molar-refractivity contribution in [2.75, 3.05) is 0 Å². The van der Waals surface area contributed by atoms with E-state index in [1.165, 1.54) is 12.8 Å². The summed E-state index contributed by atoms with van der Waals surface area (Å²) in [7, 11) is 0. The van der Waals surface area contributed by atoms with Crippen LogP contribution in [0.4, 0.5) is 0 Å².